The minimum absolute atomic E-state index is 0.861. The van der Waals surface area contributed by atoms with Crippen LogP contribution < -0.4 is 5.32 Å². The summed E-state index contributed by atoms with van der Waals surface area (Å²) < 4.78 is 6.57. The molecule has 0 aliphatic rings. The van der Waals surface area contributed by atoms with Crippen LogP contribution in [0, 0.1) is 6.92 Å². The van der Waals surface area contributed by atoms with Gasteiger partial charge >= 0.3 is 0 Å². The van der Waals surface area contributed by atoms with Crippen LogP contribution in [-0.2, 0) is 6.54 Å². The highest BCUT2D eigenvalue weighted by Crippen LogP contribution is 2.29. The Bertz CT molecular complexity index is 476. The van der Waals surface area contributed by atoms with Crippen LogP contribution in [0.1, 0.15) is 18.1 Å². The van der Waals surface area contributed by atoms with Crippen molar-refractivity contribution in [2.24, 2.45) is 0 Å². The lowest BCUT2D eigenvalue weighted by molar-refractivity contribution is 0.603. The molecule has 1 heterocycles. The molecule has 1 aromatic heterocycles. The summed E-state index contributed by atoms with van der Waals surface area (Å²) in [5, 5.41) is 4.50. The van der Waals surface area contributed by atoms with Gasteiger partial charge in [0.1, 0.15) is 5.58 Å². The molecule has 1 N–H and O–H groups in total. The van der Waals surface area contributed by atoms with Gasteiger partial charge in [0.15, 0.2) is 0 Å². The van der Waals surface area contributed by atoms with Crippen molar-refractivity contribution in [1.82, 2.24) is 5.32 Å². The van der Waals surface area contributed by atoms with E-state index in [9.17, 15) is 0 Å². The molecule has 0 aliphatic heterocycles. The van der Waals surface area contributed by atoms with E-state index in [-0.39, 0.29) is 0 Å². The zero-order chi connectivity index (χ0) is 10.8. The molecule has 0 amide bonds. The van der Waals surface area contributed by atoms with Gasteiger partial charge in [0, 0.05) is 17.5 Å². The Morgan fingerprint density at radius 1 is 1.40 bits per heavy atom. The summed E-state index contributed by atoms with van der Waals surface area (Å²) in [6.07, 6.45) is 1.83. The van der Waals surface area contributed by atoms with Gasteiger partial charge in [-0.3, -0.25) is 0 Å². The molecule has 0 unspecified atom stereocenters. The maximum atomic E-state index is 5.54. The highest BCUT2D eigenvalue weighted by atomic mass is 79.9. The molecule has 3 heteroatoms. The molecule has 2 rings (SSSR count). The molecular formula is C12H14BrNO. The Kier molecular flexibility index (Phi) is 3.12. The fraction of sp³-hybridized carbons (Fsp3) is 0.333. The first kappa shape index (κ1) is 10.7. The van der Waals surface area contributed by atoms with Crippen molar-refractivity contribution < 1.29 is 4.42 Å². The maximum absolute atomic E-state index is 5.54. The number of nitrogens with one attached hydrogen (secondary N) is 1. The molecule has 0 aliphatic carbocycles. The molecule has 2 nitrogen and oxygen atoms in total. The number of benzene rings is 1. The molecule has 15 heavy (non-hydrogen) atoms. The lowest BCUT2D eigenvalue weighted by Crippen LogP contribution is -2.11. The average Bonchev–Trinajstić information content (AvgIpc) is 2.58. The molecule has 0 saturated carbocycles. The predicted octanol–water partition coefficient (Wildman–Crippen LogP) is 3.61. The van der Waals surface area contributed by atoms with Gasteiger partial charge < -0.3 is 9.73 Å². The fourth-order valence-corrected chi connectivity index (χ4v) is 2.35. The Labute approximate surface area is 97.8 Å². The van der Waals surface area contributed by atoms with E-state index in [1.165, 1.54) is 16.5 Å². The van der Waals surface area contributed by atoms with Crippen molar-refractivity contribution in [3.05, 3.63) is 34.0 Å². The largest absolute Gasteiger partial charge is 0.463 e. The number of furan rings is 1. The van der Waals surface area contributed by atoms with Gasteiger partial charge in [0.25, 0.3) is 0 Å². The second-order valence-electron chi connectivity index (χ2n) is 3.66. The molecule has 0 atom stereocenters. The van der Waals surface area contributed by atoms with Gasteiger partial charge in [-0.2, -0.15) is 0 Å². The van der Waals surface area contributed by atoms with E-state index in [0.29, 0.717) is 0 Å². The third-order valence-corrected chi connectivity index (χ3v) is 3.01. The normalized spacial score (nSPS) is 11.1. The first-order valence-electron chi connectivity index (χ1n) is 5.09. The summed E-state index contributed by atoms with van der Waals surface area (Å²) in [7, 11) is 0. The van der Waals surface area contributed by atoms with E-state index in [1.54, 1.807) is 0 Å². The van der Waals surface area contributed by atoms with E-state index < -0.39 is 0 Å². The highest BCUT2D eigenvalue weighted by Gasteiger charge is 2.08. The number of hydrogen-bond donors (Lipinski definition) is 1. The first-order chi connectivity index (χ1) is 7.22. The molecule has 2 aromatic rings. The molecule has 0 spiro atoms. The van der Waals surface area contributed by atoms with Crippen molar-refractivity contribution in [3.63, 3.8) is 0 Å². The monoisotopic (exact) mass is 267 g/mol. The van der Waals surface area contributed by atoms with Crippen molar-refractivity contribution in [3.8, 4) is 0 Å². The van der Waals surface area contributed by atoms with Gasteiger partial charge in [-0.25, -0.2) is 0 Å². The number of rotatable bonds is 3. The summed E-state index contributed by atoms with van der Waals surface area (Å²) >= 11 is 3.52. The summed E-state index contributed by atoms with van der Waals surface area (Å²) in [6, 6.07) is 4.24. The Morgan fingerprint density at radius 3 is 2.93 bits per heavy atom. The minimum atomic E-state index is 0.861. The van der Waals surface area contributed by atoms with Gasteiger partial charge in [-0.05, 0) is 47.1 Å². The second-order valence-corrected chi connectivity index (χ2v) is 4.52. The molecule has 0 bridgehead atoms. The Morgan fingerprint density at radius 2 is 2.20 bits per heavy atom. The predicted molar refractivity (Wildman–Crippen MR) is 66.0 cm³/mol. The molecule has 80 valence electrons. The molecule has 1 aromatic carbocycles. The lowest BCUT2D eigenvalue weighted by Gasteiger charge is -2.00. The minimum Gasteiger partial charge on any atom is -0.463 e. The molecule has 0 fully saturated rings. The SMILES string of the molecule is CCNCc1coc2c(Br)cc(C)cc12. The highest BCUT2D eigenvalue weighted by molar-refractivity contribution is 9.10. The third-order valence-electron chi connectivity index (χ3n) is 2.42. The lowest BCUT2D eigenvalue weighted by atomic mass is 10.1. The van der Waals surface area contributed by atoms with Gasteiger partial charge in [-0.1, -0.05) is 6.92 Å². The van der Waals surface area contributed by atoms with Gasteiger partial charge in [0.05, 0.1) is 10.7 Å². The third kappa shape index (κ3) is 2.08. The summed E-state index contributed by atoms with van der Waals surface area (Å²) in [5.74, 6) is 0. The first-order valence-corrected chi connectivity index (χ1v) is 5.88. The van der Waals surface area contributed by atoms with Crippen molar-refractivity contribution in [2.75, 3.05) is 6.54 Å². The van der Waals surface area contributed by atoms with E-state index >= 15 is 0 Å². The number of fused-ring (bicyclic) bond motifs is 1. The topological polar surface area (TPSA) is 25.2 Å². The van der Waals surface area contributed by atoms with E-state index in [0.717, 1.165) is 23.1 Å². The van der Waals surface area contributed by atoms with E-state index in [1.807, 2.05) is 6.26 Å². The summed E-state index contributed by atoms with van der Waals surface area (Å²) in [4.78, 5) is 0. The molecule has 0 radical (unpaired) electrons. The van der Waals surface area contributed by atoms with Crippen LogP contribution in [0.25, 0.3) is 11.0 Å². The van der Waals surface area contributed by atoms with Crippen molar-refractivity contribution in [2.45, 2.75) is 20.4 Å². The van der Waals surface area contributed by atoms with E-state index in [4.69, 9.17) is 4.42 Å². The van der Waals surface area contributed by atoms with E-state index in [2.05, 4.69) is 47.2 Å². The summed E-state index contributed by atoms with van der Waals surface area (Å²) in [6.45, 7) is 6.02. The van der Waals surface area contributed by atoms with Crippen LogP contribution in [0.3, 0.4) is 0 Å². The molecular weight excluding hydrogens is 254 g/mol. The zero-order valence-electron chi connectivity index (χ0n) is 8.93. The standard InChI is InChI=1S/C12H14BrNO/c1-3-14-6-9-7-15-12-10(9)4-8(2)5-11(12)13/h4-5,7,14H,3,6H2,1-2H3. The smallest absolute Gasteiger partial charge is 0.148 e. The van der Waals surface area contributed by atoms with Crippen LogP contribution in [0.4, 0.5) is 0 Å². The summed E-state index contributed by atoms with van der Waals surface area (Å²) in [5.41, 5.74) is 3.40. The number of halogens is 1. The van der Waals surface area contributed by atoms with Gasteiger partial charge in [-0.15, -0.1) is 0 Å². The Balaban J connectivity index is 2.49. The quantitative estimate of drug-likeness (QED) is 0.919. The zero-order valence-corrected chi connectivity index (χ0v) is 10.5. The Hall–Kier alpha value is -0.800. The average molecular weight is 268 g/mol. The number of aryl methyl sites for hydroxylation is 1. The van der Waals surface area contributed by atoms with Crippen LogP contribution in [0.2, 0.25) is 0 Å². The van der Waals surface area contributed by atoms with Crippen LogP contribution >= 0.6 is 15.9 Å². The van der Waals surface area contributed by atoms with Crippen molar-refractivity contribution in [1.29, 1.82) is 0 Å². The second kappa shape index (κ2) is 4.37. The fourth-order valence-electron chi connectivity index (χ4n) is 1.68. The van der Waals surface area contributed by atoms with Gasteiger partial charge in [0.2, 0.25) is 0 Å². The van der Waals surface area contributed by atoms with Crippen LogP contribution in [0.5, 0.6) is 0 Å². The maximum Gasteiger partial charge on any atom is 0.148 e. The van der Waals surface area contributed by atoms with Crippen LogP contribution in [0.15, 0.2) is 27.3 Å². The van der Waals surface area contributed by atoms with Crippen molar-refractivity contribution >= 4 is 26.9 Å². The molecule has 0 saturated heterocycles. The number of hydrogen-bond acceptors (Lipinski definition) is 2. The van der Waals surface area contributed by atoms with Crippen LogP contribution in [-0.4, -0.2) is 6.54 Å².